The molecule has 92 valence electrons. The highest BCUT2D eigenvalue weighted by molar-refractivity contribution is 6.30. The average Bonchev–Trinajstić information content (AvgIpc) is 2.61. The van der Waals surface area contributed by atoms with Crippen molar-refractivity contribution in [2.24, 2.45) is 5.92 Å². The van der Waals surface area contributed by atoms with Crippen molar-refractivity contribution in [2.45, 2.75) is 31.7 Å². The second-order valence-electron chi connectivity index (χ2n) is 4.87. The lowest BCUT2D eigenvalue weighted by atomic mass is 9.96. The van der Waals surface area contributed by atoms with Gasteiger partial charge < -0.3 is 10.4 Å². The zero-order valence-corrected chi connectivity index (χ0v) is 10.5. The summed E-state index contributed by atoms with van der Waals surface area (Å²) in [6.07, 6.45) is 2.27. The van der Waals surface area contributed by atoms with E-state index < -0.39 is 11.5 Å². The van der Waals surface area contributed by atoms with Gasteiger partial charge in [0.25, 0.3) is 0 Å². The molecular formula is C13H16ClNO2. The first-order valence-electron chi connectivity index (χ1n) is 5.79. The molecule has 0 amide bonds. The number of hydrogen-bond acceptors (Lipinski definition) is 2. The van der Waals surface area contributed by atoms with Crippen molar-refractivity contribution in [2.75, 3.05) is 5.32 Å². The third kappa shape index (κ3) is 2.55. The van der Waals surface area contributed by atoms with Crippen molar-refractivity contribution in [3.05, 3.63) is 29.3 Å². The van der Waals surface area contributed by atoms with E-state index in [0.29, 0.717) is 23.8 Å². The molecule has 0 spiro atoms. The van der Waals surface area contributed by atoms with E-state index in [1.807, 2.05) is 12.1 Å². The van der Waals surface area contributed by atoms with Gasteiger partial charge in [-0.15, -0.1) is 0 Å². The van der Waals surface area contributed by atoms with Crippen molar-refractivity contribution < 1.29 is 9.90 Å². The van der Waals surface area contributed by atoms with Crippen LogP contribution in [0.15, 0.2) is 24.3 Å². The summed E-state index contributed by atoms with van der Waals surface area (Å²) in [5.74, 6) is -0.334. The summed E-state index contributed by atoms with van der Waals surface area (Å²) < 4.78 is 0. The highest BCUT2D eigenvalue weighted by atomic mass is 35.5. The number of carboxylic acid groups (broad SMARTS) is 1. The Balaban J connectivity index is 2.22. The summed E-state index contributed by atoms with van der Waals surface area (Å²) in [5, 5.41) is 13.2. The molecule has 2 N–H and O–H groups in total. The SMILES string of the molecule is CC1CCC(Nc2cccc(Cl)c2)(C(=O)O)C1. The Labute approximate surface area is 106 Å². The van der Waals surface area contributed by atoms with Crippen molar-refractivity contribution in [3.8, 4) is 0 Å². The van der Waals surface area contributed by atoms with Gasteiger partial charge in [0.15, 0.2) is 0 Å². The number of carbonyl (C=O) groups is 1. The van der Waals surface area contributed by atoms with E-state index in [1.54, 1.807) is 12.1 Å². The lowest BCUT2D eigenvalue weighted by Gasteiger charge is -2.27. The Hall–Kier alpha value is -1.22. The molecule has 0 saturated heterocycles. The lowest BCUT2D eigenvalue weighted by Crippen LogP contribution is -2.44. The molecule has 0 radical (unpaired) electrons. The minimum Gasteiger partial charge on any atom is -0.480 e. The second-order valence-corrected chi connectivity index (χ2v) is 5.31. The van der Waals surface area contributed by atoms with Crippen molar-refractivity contribution in [1.82, 2.24) is 0 Å². The topological polar surface area (TPSA) is 49.3 Å². The van der Waals surface area contributed by atoms with E-state index in [9.17, 15) is 9.90 Å². The summed E-state index contributed by atoms with van der Waals surface area (Å²) >= 11 is 5.90. The van der Waals surface area contributed by atoms with Gasteiger partial charge in [-0.1, -0.05) is 24.6 Å². The molecule has 0 bridgehead atoms. The fraction of sp³-hybridized carbons (Fsp3) is 0.462. The number of benzene rings is 1. The third-order valence-electron chi connectivity index (χ3n) is 3.38. The molecule has 1 aromatic carbocycles. The monoisotopic (exact) mass is 253 g/mol. The van der Waals surface area contributed by atoms with Gasteiger partial charge >= 0.3 is 5.97 Å². The van der Waals surface area contributed by atoms with Crippen molar-refractivity contribution in [1.29, 1.82) is 0 Å². The number of hydrogen-bond donors (Lipinski definition) is 2. The molecule has 1 aliphatic rings. The molecule has 0 aromatic heterocycles. The van der Waals surface area contributed by atoms with E-state index in [4.69, 9.17) is 11.6 Å². The average molecular weight is 254 g/mol. The molecule has 2 rings (SSSR count). The fourth-order valence-electron chi connectivity index (χ4n) is 2.50. The predicted octanol–water partition coefficient (Wildman–Crippen LogP) is 3.40. The standard InChI is InChI=1S/C13H16ClNO2/c1-9-5-6-13(8-9,12(16)17)15-11-4-2-3-10(14)7-11/h2-4,7,9,15H,5-6,8H2,1H3,(H,16,17). The van der Waals surface area contributed by atoms with Crippen LogP contribution >= 0.6 is 11.6 Å². The fourth-order valence-corrected chi connectivity index (χ4v) is 2.69. The van der Waals surface area contributed by atoms with E-state index in [2.05, 4.69) is 12.2 Å². The summed E-state index contributed by atoms with van der Waals surface area (Å²) in [6.45, 7) is 2.09. The minimum absolute atomic E-state index is 0.442. The van der Waals surface area contributed by atoms with Crippen LogP contribution in [-0.2, 0) is 4.79 Å². The maximum absolute atomic E-state index is 11.5. The lowest BCUT2D eigenvalue weighted by molar-refractivity contribution is -0.142. The first-order valence-corrected chi connectivity index (χ1v) is 6.17. The van der Waals surface area contributed by atoms with Crippen LogP contribution in [0.2, 0.25) is 5.02 Å². The van der Waals surface area contributed by atoms with Gasteiger partial charge in [0.2, 0.25) is 0 Å². The second kappa shape index (κ2) is 4.57. The van der Waals surface area contributed by atoms with Gasteiger partial charge in [0.05, 0.1) is 0 Å². The maximum Gasteiger partial charge on any atom is 0.329 e. The van der Waals surface area contributed by atoms with Crippen LogP contribution in [0.1, 0.15) is 26.2 Å². The van der Waals surface area contributed by atoms with Crippen LogP contribution in [0, 0.1) is 5.92 Å². The minimum atomic E-state index is -0.829. The molecule has 1 saturated carbocycles. The zero-order chi connectivity index (χ0) is 12.5. The highest BCUT2D eigenvalue weighted by Crippen LogP contribution is 2.37. The van der Waals surface area contributed by atoms with E-state index in [0.717, 1.165) is 12.1 Å². The Kier molecular flexibility index (Phi) is 3.29. The molecule has 1 aromatic rings. The number of anilines is 1. The van der Waals surface area contributed by atoms with Gasteiger partial charge in [-0.2, -0.15) is 0 Å². The molecular weight excluding hydrogens is 238 g/mol. The number of halogens is 1. The van der Waals surface area contributed by atoms with Gasteiger partial charge in [0.1, 0.15) is 5.54 Å². The number of nitrogens with one attached hydrogen (secondary N) is 1. The quantitative estimate of drug-likeness (QED) is 0.868. The molecule has 0 aliphatic heterocycles. The van der Waals surface area contributed by atoms with Gasteiger partial charge in [-0.25, -0.2) is 4.79 Å². The van der Waals surface area contributed by atoms with Crippen LogP contribution in [0.5, 0.6) is 0 Å². The number of aliphatic carboxylic acids is 1. The van der Waals surface area contributed by atoms with E-state index in [-0.39, 0.29) is 0 Å². The molecule has 2 unspecified atom stereocenters. The molecule has 3 nitrogen and oxygen atoms in total. The molecule has 2 atom stereocenters. The Morgan fingerprint density at radius 3 is 2.88 bits per heavy atom. The Bertz CT molecular complexity index is 435. The van der Waals surface area contributed by atoms with Gasteiger partial charge in [-0.05, 0) is 43.4 Å². The van der Waals surface area contributed by atoms with Crippen LogP contribution in [0.25, 0.3) is 0 Å². The van der Waals surface area contributed by atoms with Crippen LogP contribution in [0.3, 0.4) is 0 Å². The van der Waals surface area contributed by atoms with Crippen LogP contribution < -0.4 is 5.32 Å². The predicted molar refractivity (Wildman–Crippen MR) is 68.5 cm³/mol. The van der Waals surface area contributed by atoms with Crippen molar-refractivity contribution in [3.63, 3.8) is 0 Å². The summed E-state index contributed by atoms with van der Waals surface area (Å²) in [5.41, 5.74) is -0.0570. The largest absolute Gasteiger partial charge is 0.480 e. The zero-order valence-electron chi connectivity index (χ0n) is 9.74. The van der Waals surface area contributed by atoms with E-state index in [1.165, 1.54) is 0 Å². The highest BCUT2D eigenvalue weighted by Gasteiger charge is 2.44. The molecule has 1 fully saturated rings. The van der Waals surface area contributed by atoms with E-state index >= 15 is 0 Å². The summed E-state index contributed by atoms with van der Waals surface area (Å²) in [7, 11) is 0. The molecule has 1 aliphatic carbocycles. The summed E-state index contributed by atoms with van der Waals surface area (Å²) in [6, 6.07) is 7.20. The smallest absolute Gasteiger partial charge is 0.329 e. The van der Waals surface area contributed by atoms with Crippen LogP contribution in [0.4, 0.5) is 5.69 Å². The van der Waals surface area contributed by atoms with Crippen molar-refractivity contribution >= 4 is 23.3 Å². The maximum atomic E-state index is 11.5. The number of carboxylic acids is 1. The Morgan fingerprint density at radius 1 is 1.59 bits per heavy atom. The van der Waals surface area contributed by atoms with Gasteiger partial charge in [-0.3, -0.25) is 0 Å². The van der Waals surface area contributed by atoms with Gasteiger partial charge in [0, 0.05) is 10.7 Å². The Morgan fingerprint density at radius 2 is 2.35 bits per heavy atom. The molecule has 0 heterocycles. The summed E-state index contributed by atoms with van der Waals surface area (Å²) in [4.78, 5) is 11.5. The molecule has 4 heteroatoms. The first-order chi connectivity index (χ1) is 8.02. The van der Waals surface area contributed by atoms with Crippen LogP contribution in [-0.4, -0.2) is 16.6 Å². The first kappa shape index (κ1) is 12.2. The molecule has 17 heavy (non-hydrogen) atoms. The normalized spacial score (nSPS) is 28.0. The number of rotatable bonds is 3. The third-order valence-corrected chi connectivity index (χ3v) is 3.61.